The van der Waals surface area contributed by atoms with E-state index < -0.39 is 0 Å². The lowest BCUT2D eigenvalue weighted by Gasteiger charge is -2.35. The summed E-state index contributed by atoms with van der Waals surface area (Å²) in [5.41, 5.74) is 4.41. The van der Waals surface area contributed by atoms with Crippen molar-refractivity contribution in [2.75, 3.05) is 32.7 Å². The van der Waals surface area contributed by atoms with Gasteiger partial charge in [0, 0.05) is 25.6 Å². The van der Waals surface area contributed by atoms with Gasteiger partial charge in [-0.2, -0.15) is 0 Å². The molecule has 3 aromatic rings. The molecule has 0 radical (unpaired) electrons. The second kappa shape index (κ2) is 12.2. The second-order valence-corrected chi connectivity index (χ2v) is 12.1. The minimum absolute atomic E-state index is 0.0379. The van der Waals surface area contributed by atoms with Crippen LogP contribution in [0.25, 0.3) is 11.0 Å². The smallest absolute Gasteiger partial charge is 0.323 e. The number of aromatic nitrogens is 2. The number of hydrogen-bond acceptors (Lipinski definition) is 7. The van der Waals surface area contributed by atoms with Gasteiger partial charge in [0.05, 0.1) is 0 Å². The summed E-state index contributed by atoms with van der Waals surface area (Å²) in [6, 6.07) is 16.9. The van der Waals surface area contributed by atoms with Crippen molar-refractivity contribution in [2.24, 2.45) is 11.8 Å². The first-order chi connectivity index (χ1) is 19.1. The summed E-state index contributed by atoms with van der Waals surface area (Å²) in [6.07, 6.45) is 9.40. The maximum atomic E-state index is 12.9. The lowest BCUT2D eigenvalue weighted by atomic mass is 9.87. The lowest BCUT2D eigenvalue weighted by molar-refractivity contribution is -0.158. The fourth-order valence-electron chi connectivity index (χ4n) is 6.82. The highest BCUT2D eigenvalue weighted by Gasteiger charge is 2.40. The van der Waals surface area contributed by atoms with E-state index in [9.17, 15) is 4.79 Å². The first-order valence-electron chi connectivity index (χ1n) is 15.1. The number of carbonyl (C=O) groups excluding carboxylic acids is 1. The molecule has 3 unspecified atom stereocenters. The molecule has 208 valence electrons. The highest BCUT2D eigenvalue weighted by molar-refractivity contribution is 5.76. The van der Waals surface area contributed by atoms with E-state index in [1.807, 2.05) is 19.1 Å². The third-order valence-corrected chi connectivity index (χ3v) is 9.55. The molecule has 0 amide bonds. The summed E-state index contributed by atoms with van der Waals surface area (Å²) < 4.78 is 10.7. The van der Waals surface area contributed by atoms with Crippen molar-refractivity contribution >= 4 is 17.0 Å². The molecule has 3 heterocycles. The third kappa shape index (κ3) is 6.20. The zero-order valence-electron chi connectivity index (χ0n) is 23.2. The van der Waals surface area contributed by atoms with Gasteiger partial charge in [-0.25, -0.2) is 4.63 Å². The van der Waals surface area contributed by atoms with Crippen LogP contribution in [0.4, 0.5) is 0 Å². The number of nitrogens with zero attached hydrogens (tertiary/aromatic N) is 4. The molecule has 39 heavy (non-hydrogen) atoms. The Balaban J connectivity index is 1.01. The van der Waals surface area contributed by atoms with Crippen LogP contribution in [0.15, 0.2) is 53.2 Å². The van der Waals surface area contributed by atoms with Crippen LogP contribution >= 0.6 is 0 Å². The number of ether oxygens (including phenoxy) is 1. The average molecular weight is 531 g/mol. The van der Waals surface area contributed by atoms with E-state index in [1.54, 1.807) is 0 Å². The van der Waals surface area contributed by atoms with Gasteiger partial charge in [-0.3, -0.25) is 9.69 Å². The number of benzene rings is 2. The van der Waals surface area contributed by atoms with Crippen molar-refractivity contribution < 1.29 is 14.2 Å². The predicted molar refractivity (Wildman–Crippen MR) is 151 cm³/mol. The Morgan fingerprint density at radius 1 is 1.03 bits per heavy atom. The maximum absolute atomic E-state index is 12.9. The van der Waals surface area contributed by atoms with E-state index in [2.05, 4.69) is 56.5 Å². The van der Waals surface area contributed by atoms with E-state index in [-0.39, 0.29) is 18.1 Å². The molecule has 0 bridgehead atoms. The van der Waals surface area contributed by atoms with Gasteiger partial charge in [-0.05, 0) is 104 Å². The quantitative estimate of drug-likeness (QED) is 0.323. The minimum Gasteiger partial charge on any atom is -0.461 e. The number of rotatable bonds is 10. The van der Waals surface area contributed by atoms with Crippen LogP contribution < -0.4 is 0 Å². The Labute approximate surface area is 231 Å². The van der Waals surface area contributed by atoms with Gasteiger partial charge >= 0.3 is 5.97 Å². The fraction of sp³-hybridized carbons (Fsp3) is 0.594. The normalized spacial score (nSPS) is 24.1. The van der Waals surface area contributed by atoms with Crippen molar-refractivity contribution in [1.82, 2.24) is 20.1 Å². The summed E-state index contributed by atoms with van der Waals surface area (Å²) in [7, 11) is 0. The Morgan fingerprint density at radius 3 is 2.62 bits per heavy atom. The molecule has 0 spiro atoms. The number of likely N-dealkylation sites (tertiary alicyclic amines) is 2. The molecule has 7 nitrogen and oxygen atoms in total. The number of aryl methyl sites for hydroxylation is 1. The van der Waals surface area contributed by atoms with Crippen molar-refractivity contribution in [2.45, 2.75) is 76.4 Å². The van der Waals surface area contributed by atoms with Gasteiger partial charge in [0.25, 0.3) is 0 Å². The Morgan fingerprint density at radius 2 is 1.85 bits per heavy atom. The van der Waals surface area contributed by atoms with Crippen LogP contribution in [0.1, 0.15) is 68.9 Å². The first kappa shape index (κ1) is 26.5. The molecule has 3 atom stereocenters. The Hall–Kier alpha value is -2.77. The zero-order valence-corrected chi connectivity index (χ0v) is 23.2. The summed E-state index contributed by atoms with van der Waals surface area (Å²) in [5.74, 6) is 1.74. The number of esters is 1. The largest absolute Gasteiger partial charge is 0.461 e. The van der Waals surface area contributed by atoms with Crippen LogP contribution in [0.2, 0.25) is 0 Å². The Kier molecular flexibility index (Phi) is 8.26. The summed E-state index contributed by atoms with van der Waals surface area (Å²) in [4.78, 5) is 17.9. The van der Waals surface area contributed by atoms with Crippen LogP contribution in [-0.2, 0) is 16.0 Å². The fourth-order valence-corrected chi connectivity index (χ4v) is 6.82. The van der Waals surface area contributed by atoms with Gasteiger partial charge in [-0.1, -0.05) is 48.9 Å². The van der Waals surface area contributed by atoms with Gasteiger partial charge in [0.1, 0.15) is 23.2 Å². The lowest BCUT2D eigenvalue weighted by Crippen LogP contribution is -2.42. The SMILES string of the molecule is CC(C(=O)OC1CCC1)N1CC(CN2CCC(CCCc3cccc4nonc34)CC2)C(c2ccccc2)C1. The molecule has 1 saturated carbocycles. The third-order valence-electron chi connectivity index (χ3n) is 9.55. The standard InChI is InChI=1S/C32H42N4O3/c1-23(32(37)38-28-13-7-14-28)36-21-27(29(22-36)25-9-3-2-4-10-25)20-35-18-16-24(17-19-35)8-5-11-26-12-6-15-30-31(26)34-39-33-30/h2-4,6,9-10,12,15,23-24,27-29H,5,7-8,11,13-14,16-22H2,1H3. The van der Waals surface area contributed by atoms with Crippen molar-refractivity contribution in [3.05, 3.63) is 59.7 Å². The monoisotopic (exact) mass is 530 g/mol. The van der Waals surface area contributed by atoms with Gasteiger partial charge in [-0.15, -0.1) is 0 Å². The number of piperidine rings is 1. The summed E-state index contributed by atoms with van der Waals surface area (Å²) in [6.45, 7) is 7.38. The molecule has 2 saturated heterocycles. The van der Waals surface area contributed by atoms with E-state index in [1.165, 1.54) is 56.3 Å². The molecule has 2 aromatic carbocycles. The van der Waals surface area contributed by atoms with Crippen molar-refractivity contribution in [3.63, 3.8) is 0 Å². The molecular formula is C32H42N4O3. The van der Waals surface area contributed by atoms with Crippen LogP contribution in [-0.4, -0.2) is 71.0 Å². The van der Waals surface area contributed by atoms with Gasteiger partial charge < -0.3 is 9.64 Å². The number of hydrogen-bond donors (Lipinski definition) is 0. The molecule has 2 aliphatic heterocycles. The molecule has 3 aliphatic rings. The van der Waals surface area contributed by atoms with Crippen LogP contribution in [0, 0.1) is 11.8 Å². The predicted octanol–water partition coefficient (Wildman–Crippen LogP) is 5.46. The van der Waals surface area contributed by atoms with Crippen LogP contribution in [0.3, 0.4) is 0 Å². The molecule has 0 N–H and O–H groups in total. The van der Waals surface area contributed by atoms with E-state index in [4.69, 9.17) is 9.37 Å². The summed E-state index contributed by atoms with van der Waals surface area (Å²) >= 11 is 0. The number of carbonyl (C=O) groups is 1. The minimum atomic E-state index is -0.175. The topological polar surface area (TPSA) is 71.7 Å². The maximum Gasteiger partial charge on any atom is 0.323 e. The Bertz CT molecular complexity index is 1220. The van der Waals surface area contributed by atoms with Gasteiger partial charge in [0.15, 0.2) is 0 Å². The van der Waals surface area contributed by atoms with Crippen molar-refractivity contribution in [1.29, 1.82) is 0 Å². The second-order valence-electron chi connectivity index (χ2n) is 12.1. The molecule has 1 aliphatic carbocycles. The zero-order chi connectivity index (χ0) is 26.6. The van der Waals surface area contributed by atoms with Crippen molar-refractivity contribution in [3.8, 4) is 0 Å². The average Bonchev–Trinajstić information content (AvgIpc) is 3.60. The molecule has 3 fully saturated rings. The molecular weight excluding hydrogens is 488 g/mol. The molecule has 6 rings (SSSR count). The highest BCUT2D eigenvalue weighted by Crippen LogP contribution is 2.36. The van der Waals surface area contributed by atoms with E-state index in [0.29, 0.717) is 11.8 Å². The molecule has 1 aromatic heterocycles. The molecule has 7 heteroatoms. The first-order valence-corrected chi connectivity index (χ1v) is 15.1. The summed E-state index contributed by atoms with van der Waals surface area (Å²) in [5, 5.41) is 8.07. The number of fused-ring (bicyclic) bond motifs is 1. The van der Waals surface area contributed by atoms with Gasteiger partial charge in [0.2, 0.25) is 0 Å². The highest BCUT2D eigenvalue weighted by atomic mass is 16.6. The van der Waals surface area contributed by atoms with E-state index in [0.717, 1.165) is 55.8 Å². The van der Waals surface area contributed by atoms with Crippen LogP contribution in [0.5, 0.6) is 0 Å². The van der Waals surface area contributed by atoms with E-state index >= 15 is 0 Å².